The number of hydrogen-bond acceptors (Lipinski definition) is 1. The van der Waals surface area contributed by atoms with E-state index >= 15 is 0 Å². The van der Waals surface area contributed by atoms with Crippen molar-refractivity contribution in [1.29, 1.82) is 0 Å². The van der Waals surface area contributed by atoms with Gasteiger partial charge in [-0.3, -0.25) is 9.69 Å². The van der Waals surface area contributed by atoms with Crippen LogP contribution in [0.25, 0.3) is 0 Å². The number of hydrogen-bond donors (Lipinski definition) is 0. The predicted molar refractivity (Wildman–Crippen MR) is 105 cm³/mol. The first kappa shape index (κ1) is 20.2. The molecule has 0 aromatic heterocycles. The van der Waals surface area contributed by atoms with Crippen molar-refractivity contribution in [1.82, 2.24) is 0 Å². The highest BCUT2D eigenvalue weighted by Crippen LogP contribution is 2.43. The lowest BCUT2D eigenvalue weighted by molar-refractivity contribution is -0.186. The number of rotatable bonds is 3. The molecular formula is C23H24F3NO. The minimum atomic E-state index is -4.35. The number of carbonyl (C=O) groups excluding carboxylic acids is 1. The number of para-hydroxylation sites is 1. The van der Waals surface area contributed by atoms with E-state index in [1.165, 1.54) is 11.8 Å². The zero-order valence-electron chi connectivity index (χ0n) is 16.0. The number of carbonyl (C=O) groups is 1. The van der Waals surface area contributed by atoms with Crippen LogP contribution < -0.4 is 4.90 Å². The molecule has 1 aliphatic rings. The van der Waals surface area contributed by atoms with E-state index in [1.807, 2.05) is 43.3 Å². The second-order valence-corrected chi connectivity index (χ2v) is 7.46. The van der Waals surface area contributed by atoms with Crippen molar-refractivity contribution in [3.05, 3.63) is 78.0 Å². The number of anilines is 1. The van der Waals surface area contributed by atoms with E-state index in [9.17, 15) is 18.0 Å². The SMILES string of the molecule is CC(/C=C1\C[C@@H](C(F)(F)F)C(C)CC(=O)N1c1ccccc1)c1ccccc1. The van der Waals surface area contributed by atoms with Crippen LogP contribution in [0.3, 0.4) is 0 Å². The lowest BCUT2D eigenvalue weighted by Gasteiger charge is -2.27. The van der Waals surface area contributed by atoms with E-state index in [2.05, 4.69) is 0 Å². The van der Waals surface area contributed by atoms with Crippen molar-refractivity contribution < 1.29 is 18.0 Å². The smallest absolute Gasteiger partial charge is 0.285 e. The van der Waals surface area contributed by atoms with Gasteiger partial charge in [0.1, 0.15) is 0 Å². The average molecular weight is 387 g/mol. The molecule has 0 bridgehead atoms. The number of alkyl halides is 3. The molecule has 0 saturated carbocycles. The molecule has 5 heteroatoms. The molecule has 148 valence electrons. The van der Waals surface area contributed by atoms with Gasteiger partial charge in [0.25, 0.3) is 0 Å². The molecule has 0 aliphatic carbocycles. The van der Waals surface area contributed by atoms with Crippen molar-refractivity contribution in [3.63, 3.8) is 0 Å². The van der Waals surface area contributed by atoms with Gasteiger partial charge in [-0.25, -0.2) is 0 Å². The van der Waals surface area contributed by atoms with Crippen LogP contribution in [-0.4, -0.2) is 12.1 Å². The zero-order chi connectivity index (χ0) is 20.3. The summed E-state index contributed by atoms with van der Waals surface area (Å²) in [4.78, 5) is 14.4. The fourth-order valence-corrected chi connectivity index (χ4v) is 3.80. The van der Waals surface area contributed by atoms with Crippen molar-refractivity contribution in [2.24, 2.45) is 11.8 Å². The third kappa shape index (κ3) is 4.46. The molecule has 2 nitrogen and oxygen atoms in total. The second kappa shape index (κ2) is 8.21. The first-order valence-corrected chi connectivity index (χ1v) is 9.47. The summed E-state index contributed by atoms with van der Waals surface area (Å²) in [5.74, 6) is -2.72. The molecule has 1 fully saturated rings. The Hall–Kier alpha value is -2.56. The predicted octanol–water partition coefficient (Wildman–Crippen LogP) is 6.32. The fourth-order valence-electron chi connectivity index (χ4n) is 3.80. The lowest BCUT2D eigenvalue weighted by Crippen LogP contribution is -2.29. The van der Waals surface area contributed by atoms with Gasteiger partial charge < -0.3 is 0 Å². The summed E-state index contributed by atoms with van der Waals surface area (Å²) in [5.41, 5.74) is 2.02. The molecule has 0 radical (unpaired) electrons. The maximum absolute atomic E-state index is 13.7. The summed E-state index contributed by atoms with van der Waals surface area (Å²) in [7, 11) is 0. The Labute approximate surface area is 163 Å². The van der Waals surface area contributed by atoms with Crippen molar-refractivity contribution in [2.45, 2.75) is 38.8 Å². The summed E-state index contributed by atoms with van der Waals surface area (Å²) in [6.45, 7) is 3.45. The van der Waals surface area contributed by atoms with Gasteiger partial charge in [0.15, 0.2) is 0 Å². The third-order valence-electron chi connectivity index (χ3n) is 5.35. The van der Waals surface area contributed by atoms with Gasteiger partial charge in [-0.1, -0.05) is 68.5 Å². The molecule has 2 unspecified atom stereocenters. The van der Waals surface area contributed by atoms with E-state index in [0.29, 0.717) is 11.4 Å². The normalized spacial score (nSPS) is 23.5. The molecule has 3 rings (SSSR count). The van der Waals surface area contributed by atoms with Crippen LogP contribution >= 0.6 is 0 Å². The van der Waals surface area contributed by atoms with E-state index in [0.717, 1.165) is 5.56 Å². The Balaban J connectivity index is 2.07. The van der Waals surface area contributed by atoms with Crippen LogP contribution in [0.2, 0.25) is 0 Å². The Morgan fingerprint density at radius 3 is 2.14 bits per heavy atom. The summed E-state index contributed by atoms with van der Waals surface area (Å²) in [5, 5.41) is 0. The minimum absolute atomic E-state index is 0.113. The Morgan fingerprint density at radius 2 is 1.57 bits per heavy atom. The molecule has 28 heavy (non-hydrogen) atoms. The molecule has 1 saturated heterocycles. The third-order valence-corrected chi connectivity index (χ3v) is 5.35. The maximum atomic E-state index is 13.7. The van der Waals surface area contributed by atoms with Gasteiger partial charge in [0.2, 0.25) is 5.91 Å². The largest absolute Gasteiger partial charge is 0.392 e. The van der Waals surface area contributed by atoms with Gasteiger partial charge in [-0.2, -0.15) is 13.2 Å². The highest BCUT2D eigenvalue weighted by Gasteiger charge is 2.46. The Morgan fingerprint density at radius 1 is 1.00 bits per heavy atom. The van der Waals surface area contributed by atoms with Crippen molar-refractivity contribution in [3.8, 4) is 0 Å². The van der Waals surface area contributed by atoms with Crippen LogP contribution in [0, 0.1) is 11.8 Å². The standard InChI is InChI=1S/C23H24F3NO/c1-16(18-9-5-3-6-10-18)13-20-15-21(23(24,25)26)17(2)14-22(28)27(20)19-11-7-4-8-12-19/h3-13,16-17,21H,14-15H2,1-2H3/b20-13+/t16?,17?,21-/m1/s1. The van der Waals surface area contributed by atoms with Crippen molar-refractivity contribution in [2.75, 3.05) is 4.90 Å². The monoisotopic (exact) mass is 387 g/mol. The molecule has 1 heterocycles. The van der Waals surface area contributed by atoms with Crippen LogP contribution in [0.4, 0.5) is 18.9 Å². The molecule has 1 amide bonds. The quantitative estimate of drug-likeness (QED) is 0.604. The van der Waals surface area contributed by atoms with Gasteiger partial charge in [-0.15, -0.1) is 0 Å². The molecule has 0 N–H and O–H groups in total. The Kier molecular flexibility index (Phi) is 5.92. The van der Waals surface area contributed by atoms with Crippen LogP contribution in [0.1, 0.15) is 38.2 Å². The molecule has 2 aromatic rings. The molecular weight excluding hydrogens is 363 g/mol. The van der Waals surface area contributed by atoms with E-state index in [-0.39, 0.29) is 24.7 Å². The van der Waals surface area contributed by atoms with Crippen LogP contribution in [-0.2, 0) is 4.79 Å². The van der Waals surface area contributed by atoms with E-state index in [4.69, 9.17) is 0 Å². The number of benzene rings is 2. The maximum Gasteiger partial charge on any atom is 0.392 e. The van der Waals surface area contributed by atoms with Gasteiger partial charge in [-0.05, 0) is 30.0 Å². The van der Waals surface area contributed by atoms with E-state index < -0.39 is 18.0 Å². The van der Waals surface area contributed by atoms with Crippen LogP contribution in [0.15, 0.2) is 72.4 Å². The minimum Gasteiger partial charge on any atom is -0.285 e. The number of nitrogens with zero attached hydrogens (tertiary/aromatic N) is 1. The summed E-state index contributed by atoms with van der Waals surface area (Å²) in [6, 6.07) is 18.5. The fraction of sp³-hybridized carbons (Fsp3) is 0.348. The summed E-state index contributed by atoms with van der Waals surface area (Å²) < 4.78 is 41.1. The zero-order valence-corrected chi connectivity index (χ0v) is 16.0. The van der Waals surface area contributed by atoms with Gasteiger partial charge >= 0.3 is 6.18 Å². The highest BCUT2D eigenvalue weighted by molar-refractivity contribution is 5.97. The summed E-state index contributed by atoms with van der Waals surface area (Å²) in [6.07, 6.45) is -2.88. The first-order chi connectivity index (χ1) is 13.3. The lowest BCUT2D eigenvalue weighted by atomic mass is 9.87. The first-order valence-electron chi connectivity index (χ1n) is 9.47. The average Bonchev–Trinajstić information content (AvgIpc) is 2.78. The molecule has 3 atom stereocenters. The van der Waals surface area contributed by atoms with E-state index in [1.54, 1.807) is 30.3 Å². The van der Waals surface area contributed by atoms with Gasteiger partial charge in [0.05, 0.1) is 5.92 Å². The summed E-state index contributed by atoms with van der Waals surface area (Å²) >= 11 is 0. The van der Waals surface area contributed by atoms with Crippen LogP contribution in [0.5, 0.6) is 0 Å². The second-order valence-electron chi connectivity index (χ2n) is 7.46. The van der Waals surface area contributed by atoms with Crippen molar-refractivity contribution >= 4 is 11.6 Å². The molecule has 1 aliphatic heterocycles. The number of amides is 1. The molecule has 0 spiro atoms. The number of halogens is 3. The molecule has 2 aromatic carbocycles. The Bertz CT molecular complexity index is 830. The highest BCUT2D eigenvalue weighted by atomic mass is 19.4. The van der Waals surface area contributed by atoms with Gasteiger partial charge in [0, 0.05) is 23.7 Å². The topological polar surface area (TPSA) is 20.3 Å². The number of allylic oxidation sites excluding steroid dienone is 2.